The van der Waals surface area contributed by atoms with Gasteiger partial charge in [-0.3, -0.25) is 13.9 Å². The Morgan fingerprint density at radius 2 is 2.00 bits per heavy atom. The van der Waals surface area contributed by atoms with E-state index in [1.807, 2.05) is 12.1 Å². The number of ether oxygens (including phenoxy) is 1. The van der Waals surface area contributed by atoms with E-state index in [4.69, 9.17) is 4.74 Å². The molecule has 1 amide bonds. The second-order valence-corrected chi connectivity index (χ2v) is 8.75. The van der Waals surface area contributed by atoms with Gasteiger partial charge in [0, 0.05) is 32.3 Å². The molecule has 27 heavy (non-hydrogen) atoms. The summed E-state index contributed by atoms with van der Waals surface area (Å²) in [6.07, 6.45) is 1.86. The Hall–Kier alpha value is -2.26. The highest BCUT2D eigenvalue weighted by Crippen LogP contribution is 2.55. The lowest BCUT2D eigenvalue weighted by Crippen LogP contribution is -2.46. The Morgan fingerprint density at radius 3 is 2.78 bits per heavy atom. The van der Waals surface area contributed by atoms with Gasteiger partial charge in [0.05, 0.1) is 11.9 Å². The average Bonchev–Trinajstić information content (AvgIpc) is 3.09. The normalized spacial score (nSPS) is 21.2. The topological polar surface area (TPSA) is 85.3 Å². The van der Waals surface area contributed by atoms with Crippen LogP contribution in [0.2, 0.25) is 0 Å². The third kappa shape index (κ3) is 3.37. The molecule has 1 unspecified atom stereocenters. The van der Waals surface area contributed by atoms with Crippen LogP contribution in [0.5, 0.6) is 11.5 Å². The van der Waals surface area contributed by atoms with Gasteiger partial charge in [0.15, 0.2) is 0 Å². The lowest BCUT2D eigenvalue weighted by Gasteiger charge is -2.46. The Bertz CT molecular complexity index is 887. The molecule has 1 atom stereocenters. The molecule has 1 saturated heterocycles. The average molecular weight is 389 g/mol. The Balaban J connectivity index is 1.63. The predicted molar refractivity (Wildman–Crippen MR) is 106 cm³/mol. The number of hydrogen-bond donors (Lipinski definition) is 3. The quantitative estimate of drug-likeness (QED) is 0.742. The van der Waals surface area contributed by atoms with Gasteiger partial charge in [-0.25, -0.2) is 0 Å². The number of amides is 1. The Kier molecular flexibility index (Phi) is 4.51. The number of anilines is 1. The number of nitrogens with zero attached hydrogens (tertiary/aromatic N) is 2. The van der Waals surface area contributed by atoms with E-state index in [1.165, 1.54) is 4.90 Å². The molecule has 2 aromatic carbocycles. The first-order valence-corrected chi connectivity index (χ1v) is 10.4. The van der Waals surface area contributed by atoms with Gasteiger partial charge in [-0.15, -0.1) is 10.8 Å². The van der Waals surface area contributed by atoms with Gasteiger partial charge in [-0.2, -0.15) is 4.72 Å². The summed E-state index contributed by atoms with van der Waals surface area (Å²) in [6, 6.07) is 12.3. The molecule has 4 rings (SSSR count). The standard InChI is InChI=1S/C19H23N3O4S/c1-21(2)19(23)13-5-3-6-14(11-13)26-15-8-9-16-17(12-15)27(24,25)20-18-7-4-10-22(16)18/h3,5-6,8-9,11-12,18,20,24-25H,4,7,10H2,1-2H3. The summed E-state index contributed by atoms with van der Waals surface area (Å²) in [5.41, 5.74) is 1.36. The minimum Gasteiger partial charge on any atom is -0.457 e. The van der Waals surface area contributed by atoms with E-state index < -0.39 is 10.8 Å². The maximum atomic E-state index is 12.1. The van der Waals surface area contributed by atoms with E-state index in [-0.39, 0.29) is 12.1 Å². The van der Waals surface area contributed by atoms with E-state index in [1.54, 1.807) is 44.4 Å². The minimum atomic E-state index is -3.08. The summed E-state index contributed by atoms with van der Waals surface area (Å²) in [4.78, 5) is 16.2. The fourth-order valence-electron chi connectivity index (χ4n) is 3.54. The van der Waals surface area contributed by atoms with Crippen LogP contribution >= 0.6 is 10.8 Å². The molecule has 2 aliphatic rings. The van der Waals surface area contributed by atoms with Crippen LogP contribution in [0, 0.1) is 0 Å². The minimum absolute atomic E-state index is 0.0389. The molecule has 2 heterocycles. The van der Waals surface area contributed by atoms with Crippen molar-refractivity contribution >= 4 is 22.4 Å². The highest BCUT2D eigenvalue weighted by molar-refractivity contribution is 8.22. The van der Waals surface area contributed by atoms with Crippen LogP contribution in [0.15, 0.2) is 47.4 Å². The molecule has 0 spiro atoms. The van der Waals surface area contributed by atoms with Crippen LogP contribution in [0.1, 0.15) is 23.2 Å². The van der Waals surface area contributed by atoms with Crippen molar-refractivity contribution in [3.8, 4) is 11.5 Å². The number of rotatable bonds is 3. The molecule has 7 nitrogen and oxygen atoms in total. The maximum Gasteiger partial charge on any atom is 0.253 e. The molecule has 0 saturated carbocycles. The largest absolute Gasteiger partial charge is 0.457 e. The van der Waals surface area contributed by atoms with Gasteiger partial charge in [0.2, 0.25) is 0 Å². The molecule has 0 bridgehead atoms. The molecule has 1 fully saturated rings. The summed E-state index contributed by atoms with van der Waals surface area (Å²) in [5, 5.41) is 0. The SMILES string of the molecule is CN(C)C(=O)c1cccc(Oc2ccc3c(c2)S(O)(O)NC2CCCN32)c1. The molecule has 2 aliphatic heterocycles. The lowest BCUT2D eigenvalue weighted by molar-refractivity contribution is 0.0827. The molecule has 0 aliphatic carbocycles. The molecule has 8 heteroatoms. The monoisotopic (exact) mass is 389 g/mol. The Labute approximate surface area is 160 Å². The zero-order valence-corrected chi connectivity index (χ0v) is 16.1. The van der Waals surface area contributed by atoms with Crippen LogP contribution in [0.4, 0.5) is 5.69 Å². The van der Waals surface area contributed by atoms with Gasteiger partial charge in [-0.05, 0) is 43.2 Å². The number of carbonyl (C=O) groups is 1. The van der Waals surface area contributed by atoms with Crippen molar-refractivity contribution in [3.05, 3.63) is 48.0 Å². The summed E-state index contributed by atoms with van der Waals surface area (Å²) in [7, 11) is 0.318. The number of fused-ring (bicyclic) bond motifs is 3. The Morgan fingerprint density at radius 1 is 1.22 bits per heavy atom. The number of nitrogens with one attached hydrogen (secondary N) is 1. The lowest BCUT2D eigenvalue weighted by atomic mass is 10.2. The fraction of sp³-hybridized carbons (Fsp3) is 0.316. The van der Waals surface area contributed by atoms with Crippen molar-refractivity contribution in [1.29, 1.82) is 0 Å². The van der Waals surface area contributed by atoms with Crippen molar-refractivity contribution in [3.63, 3.8) is 0 Å². The fourth-order valence-corrected chi connectivity index (χ4v) is 5.05. The van der Waals surface area contributed by atoms with E-state index in [9.17, 15) is 13.9 Å². The molecule has 2 aromatic rings. The van der Waals surface area contributed by atoms with Crippen molar-refractivity contribution < 1.29 is 18.6 Å². The molecule has 144 valence electrons. The van der Waals surface area contributed by atoms with Crippen LogP contribution in [-0.4, -0.2) is 46.7 Å². The van der Waals surface area contributed by atoms with Crippen molar-refractivity contribution in [1.82, 2.24) is 9.62 Å². The molecular formula is C19H23N3O4S. The van der Waals surface area contributed by atoms with E-state index in [0.29, 0.717) is 22.0 Å². The van der Waals surface area contributed by atoms with Crippen LogP contribution in [0.25, 0.3) is 0 Å². The predicted octanol–water partition coefficient (Wildman–Crippen LogP) is 3.73. The van der Waals surface area contributed by atoms with Crippen LogP contribution in [0.3, 0.4) is 0 Å². The highest BCUT2D eigenvalue weighted by atomic mass is 32.3. The summed E-state index contributed by atoms with van der Waals surface area (Å²) < 4.78 is 29.9. The third-order valence-corrected chi connectivity index (χ3v) is 6.36. The summed E-state index contributed by atoms with van der Waals surface area (Å²) in [5.74, 6) is 0.897. The highest BCUT2D eigenvalue weighted by Gasteiger charge is 2.38. The van der Waals surface area contributed by atoms with Gasteiger partial charge in [-0.1, -0.05) is 6.07 Å². The first kappa shape index (κ1) is 18.1. The zero-order chi connectivity index (χ0) is 19.2. The van der Waals surface area contributed by atoms with E-state index in [0.717, 1.165) is 25.1 Å². The first-order chi connectivity index (χ1) is 12.8. The molecule has 0 radical (unpaired) electrons. The number of benzene rings is 2. The van der Waals surface area contributed by atoms with E-state index >= 15 is 0 Å². The van der Waals surface area contributed by atoms with Gasteiger partial charge >= 0.3 is 0 Å². The smallest absolute Gasteiger partial charge is 0.253 e. The van der Waals surface area contributed by atoms with Gasteiger partial charge in [0.25, 0.3) is 5.91 Å². The van der Waals surface area contributed by atoms with Crippen molar-refractivity contribution in [2.45, 2.75) is 23.9 Å². The molecule has 3 N–H and O–H groups in total. The van der Waals surface area contributed by atoms with Crippen LogP contribution < -0.4 is 14.4 Å². The summed E-state index contributed by atoms with van der Waals surface area (Å²) >= 11 is 0. The van der Waals surface area contributed by atoms with E-state index in [2.05, 4.69) is 9.62 Å². The number of hydrogen-bond acceptors (Lipinski definition) is 6. The van der Waals surface area contributed by atoms with Crippen molar-refractivity contribution in [2.75, 3.05) is 25.5 Å². The van der Waals surface area contributed by atoms with Crippen molar-refractivity contribution in [2.24, 2.45) is 0 Å². The second kappa shape index (κ2) is 6.72. The summed E-state index contributed by atoms with van der Waals surface area (Å²) in [6.45, 7) is 0.884. The van der Waals surface area contributed by atoms with Gasteiger partial charge < -0.3 is 14.5 Å². The van der Waals surface area contributed by atoms with Crippen LogP contribution in [-0.2, 0) is 0 Å². The first-order valence-electron chi connectivity index (χ1n) is 8.81. The van der Waals surface area contributed by atoms with Gasteiger partial charge in [0.1, 0.15) is 16.4 Å². The maximum absolute atomic E-state index is 12.1. The number of carbonyl (C=O) groups excluding carboxylic acids is 1. The zero-order valence-electron chi connectivity index (χ0n) is 15.3. The second-order valence-electron chi connectivity index (χ2n) is 6.98. The molecule has 0 aromatic heterocycles. The molecular weight excluding hydrogens is 366 g/mol. The third-order valence-electron chi connectivity index (χ3n) is 4.82.